The number of hydrogen-bond acceptors (Lipinski definition) is 6. The number of imide groups is 1. The molecule has 168 valence electrons. The number of methoxy groups -OCH3 is 3. The summed E-state index contributed by atoms with van der Waals surface area (Å²) in [6.45, 7) is 0. The monoisotopic (exact) mass is 444 g/mol. The Kier molecular flexibility index (Phi) is 6.04. The van der Waals surface area contributed by atoms with Gasteiger partial charge in [0.25, 0.3) is 11.8 Å². The number of hydrogen-bond donors (Lipinski definition) is 0. The molecular formula is C26H24N2O5. The second-order valence-electron chi connectivity index (χ2n) is 7.33. The smallest absolute Gasteiger partial charge is 0.282 e. The van der Waals surface area contributed by atoms with Crippen molar-refractivity contribution in [1.29, 1.82) is 0 Å². The van der Waals surface area contributed by atoms with E-state index >= 15 is 0 Å². The summed E-state index contributed by atoms with van der Waals surface area (Å²) in [5.41, 5.74) is 2.39. The first kappa shape index (κ1) is 22.0. The number of amides is 2. The Bertz CT molecular complexity index is 1220. The van der Waals surface area contributed by atoms with Gasteiger partial charge in [-0.25, -0.2) is 4.90 Å². The molecule has 0 spiro atoms. The van der Waals surface area contributed by atoms with Gasteiger partial charge in [0.05, 0.1) is 32.6 Å². The Morgan fingerprint density at radius 2 is 1.39 bits per heavy atom. The lowest BCUT2D eigenvalue weighted by Crippen LogP contribution is -2.34. The first-order chi connectivity index (χ1) is 16.0. The molecule has 3 aromatic rings. The molecule has 7 nitrogen and oxygen atoms in total. The van der Waals surface area contributed by atoms with E-state index in [9.17, 15) is 9.59 Å². The number of rotatable bonds is 7. The third kappa shape index (κ3) is 3.89. The molecule has 1 heterocycles. The van der Waals surface area contributed by atoms with Crippen LogP contribution in [0.25, 0.3) is 5.57 Å². The fourth-order valence-electron chi connectivity index (χ4n) is 3.83. The van der Waals surface area contributed by atoms with Crippen LogP contribution in [0.1, 0.15) is 5.56 Å². The van der Waals surface area contributed by atoms with Crippen molar-refractivity contribution in [3.05, 3.63) is 84.1 Å². The van der Waals surface area contributed by atoms with E-state index in [2.05, 4.69) is 0 Å². The van der Waals surface area contributed by atoms with Crippen LogP contribution in [-0.2, 0) is 9.59 Å². The van der Waals surface area contributed by atoms with Crippen LogP contribution in [0, 0.1) is 0 Å². The number of para-hydroxylation sites is 1. The van der Waals surface area contributed by atoms with E-state index in [0.717, 1.165) is 10.6 Å². The predicted molar refractivity (Wildman–Crippen MR) is 127 cm³/mol. The molecule has 33 heavy (non-hydrogen) atoms. The summed E-state index contributed by atoms with van der Waals surface area (Å²) in [5, 5.41) is 0. The molecule has 2 amide bonds. The maximum Gasteiger partial charge on any atom is 0.282 e. The molecule has 1 aliphatic rings. The first-order valence-corrected chi connectivity index (χ1v) is 10.3. The summed E-state index contributed by atoms with van der Waals surface area (Å²) in [6.07, 6.45) is 0. The fourth-order valence-corrected chi connectivity index (χ4v) is 3.83. The topological polar surface area (TPSA) is 68.3 Å². The Morgan fingerprint density at radius 1 is 0.727 bits per heavy atom. The summed E-state index contributed by atoms with van der Waals surface area (Å²) in [5.74, 6) is 0.738. The lowest BCUT2D eigenvalue weighted by atomic mass is 10.0. The van der Waals surface area contributed by atoms with Crippen molar-refractivity contribution in [3.8, 4) is 17.2 Å². The van der Waals surface area contributed by atoms with Gasteiger partial charge in [-0.15, -0.1) is 0 Å². The highest BCUT2D eigenvalue weighted by Gasteiger charge is 2.42. The number of carbonyl (C=O) groups is 2. The number of benzene rings is 3. The van der Waals surface area contributed by atoms with Crippen LogP contribution in [0.5, 0.6) is 17.2 Å². The van der Waals surface area contributed by atoms with Crippen LogP contribution >= 0.6 is 0 Å². The van der Waals surface area contributed by atoms with Crippen LogP contribution in [0.2, 0.25) is 0 Å². The van der Waals surface area contributed by atoms with E-state index in [1.165, 1.54) is 14.2 Å². The third-order valence-corrected chi connectivity index (χ3v) is 5.54. The normalized spacial score (nSPS) is 13.4. The largest absolute Gasteiger partial charge is 0.497 e. The molecule has 0 unspecified atom stereocenters. The molecule has 0 N–H and O–H groups in total. The van der Waals surface area contributed by atoms with E-state index in [1.807, 2.05) is 30.3 Å². The lowest BCUT2D eigenvalue weighted by molar-refractivity contribution is -0.120. The highest BCUT2D eigenvalue weighted by Crippen LogP contribution is 2.39. The molecule has 1 aliphatic heterocycles. The average molecular weight is 444 g/mol. The van der Waals surface area contributed by atoms with Gasteiger partial charge in [-0.2, -0.15) is 0 Å². The quantitative estimate of drug-likeness (QED) is 0.511. The Labute approximate surface area is 192 Å². The van der Waals surface area contributed by atoms with Gasteiger partial charge in [-0.3, -0.25) is 9.59 Å². The molecule has 0 atom stereocenters. The molecular weight excluding hydrogens is 420 g/mol. The van der Waals surface area contributed by atoms with Gasteiger partial charge in [0, 0.05) is 18.8 Å². The number of nitrogens with zero attached hydrogens (tertiary/aromatic N) is 2. The van der Waals surface area contributed by atoms with Crippen LogP contribution in [0.4, 0.5) is 11.4 Å². The molecule has 0 aliphatic carbocycles. The van der Waals surface area contributed by atoms with E-state index in [1.54, 1.807) is 61.5 Å². The second kappa shape index (κ2) is 9.08. The summed E-state index contributed by atoms with van der Waals surface area (Å²) >= 11 is 0. The van der Waals surface area contributed by atoms with Crippen molar-refractivity contribution in [2.24, 2.45) is 0 Å². The Hall–Kier alpha value is -4.26. The molecule has 3 aromatic carbocycles. The number of carbonyl (C=O) groups excluding carboxylic acids is 2. The van der Waals surface area contributed by atoms with Crippen molar-refractivity contribution >= 4 is 28.8 Å². The SMILES string of the molecule is COc1ccc(C2=C(N(C)c3ccccc3)C(=O)N(c3ccc(OC)c(OC)c3)C2=O)cc1. The van der Waals surface area contributed by atoms with Gasteiger partial charge in [0.1, 0.15) is 11.4 Å². The summed E-state index contributed by atoms with van der Waals surface area (Å²) in [7, 11) is 6.38. The minimum absolute atomic E-state index is 0.283. The van der Waals surface area contributed by atoms with Gasteiger partial charge in [-0.05, 0) is 42.0 Å². The maximum absolute atomic E-state index is 13.7. The van der Waals surface area contributed by atoms with Gasteiger partial charge >= 0.3 is 0 Å². The predicted octanol–water partition coefficient (Wildman–Crippen LogP) is 4.13. The van der Waals surface area contributed by atoms with Crippen molar-refractivity contribution in [2.75, 3.05) is 38.2 Å². The molecule has 0 fully saturated rings. The van der Waals surface area contributed by atoms with Crippen molar-refractivity contribution < 1.29 is 23.8 Å². The van der Waals surface area contributed by atoms with Crippen LogP contribution in [0.3, 0.4) is 0 Å². The molecule has 0 radical (unpaired) electrons. The molecule has 0 saturated heterocycles. The number of anilines is 2. The molecule has 4 rings (SSSR count). The Balaban J connectivity index is 1.85. The summed E-state index contributed by atoms with van der Waals surface area (Å²) < 4.78 is 15.9. The van der Waals surface area contributed by atoms with E-state index < -0.39 is 11.8 Å². The van der Waals surface area contributed by atoms with Gasteiger partial charge < -0.3 is 19.1 Å². The highest BCUT2D eigenvalue weighted by molar-refractivity contribution is 6.46. The number of likely N-dealkylation sites (N-methyl/N-ethyl adjacent to an activating group) is 1. The molecule has 0 aromatic heterocycles. The van der Waals surface area contributed by atoms with Crippen LogP contribution < -0.4 is 24.0 Å². The second-order valence-corrected chi connectivity index (χ2v) is 7.33. The van der Waals surface area contributed by atoms with Gasteiger partial charge in [0.2, 0.25) is 0 Å². The minimum atomic E-state index is -0.426. The zero-order valence-corrected chi connectivity index (χ0v) is 18.9. The standard InChI is InChI=1S/C26H24N2O5/c1-27(18-8-6-5-7-9-18)24-23(17-10-13-20(31-2)14-11-17)25(29)28(26(24)30)19-12-15-21(32-3)22(16-19)33-4/h5-16H,1-4H3. The van der Waals surface area contributed by atoms with Crippen molar-refractivity contribution in [1.82, 2.24) is 0 Å². The highest BCUT2D eigenvalue weighted by atomic mass is 16.5. The van der Waals surface area contributed by atoms with E-state index in [4.69, 9.17) is 14.2 Å². The lowest BCUT2D eigenvalue weighted by Gasteiger charge is -2.22. The maximum atomic E-state index is 13.7. The zero-order chi connectivity index (χ0) is 23.5. The minimum Gasteiger partial charge on any atom is -0.497 e. The van der Waals surface area contributed by atoms with Gasteiger partial charge in [0.15, 0.2) is 11.5 Å². The average Bonchev–Trinajstić information content (AvgIpc) is 3.13. The first-order valence-electron chi connectivity index (χ1n) is 10.3. The summed E-state index contributed by atoms with van der Waals surface area (Å²) in [6, 6.07) is 21.4. The molecule has 0 saturated carbocycles. The van der Waals surface area contributed by atoms with Crippen LogP contribution in [0.15, 0.2) is 78.5 Å². The van der Waals surface area contributed by atoms with Crippen molar-refractivity contribution in [2.45, 2.75) is 0 Å². The summed E-state index contributed by atoms with van der Waals surface area (Å²) in [4.78, 5) is 30.3. The van der Waals surface area contributed by atoms with Crippen LogP contribution in [-0.4, -0.2) is 40.2 Å². The third-order valence-electron chi connectivity index (χ3n) is 5.54. The van der Waals surface area contributed by atoms with Crippen molar-refractivity contribution in [3.63, 3.8) is 0 Å². The zero-order valence-electron chi connectivity index (χ0n) is 18.9. The Morgan fingerprint density at radius 3 is 2.00 bits per heavy atom. The molecule has 0 bridgehead atoms. The van der Waals surface area contributed by atoms with E-state index in [-0.39, 0.29) is 5.70 Å². The molecule has 7 heteroatoms. The van der Waals surface area contributed by atoms with Gasteiger partial charge in [-0.1, -0.05) is 30.3 Å². The number of ether oxygens (including phenoxy) is 3. The van der Waals surface area contributed by atoms with E-state index in [0.29, 0.717) is 34.1 Å². The fraction of sp³-hybridized carbons (Fsp3) is 0.154.